The summed E-state index contributed by atoms with van der Waals surface area (Å²) in [4.78, 5) is 8.66. The standard InChI is InChI=1S/C9H5ClN4/c10-8-7-9(14-13-8)12-6-4-2-1-3-5(6)11-7/h1-4H,(H,12,13,14). The molecule has 2 heterocycles. The van der Waals surface area contributed by atoms with Crippen molar-refractivity contribution in [3.63, 3.8) is 0 Å². The molecule has 0 aliphatic carbocycles. The Morgan fingerprint density at radius 2 is 1.79 bits per heavy atom. The molecule has 68 valence electrons. The minimum absolute atomic E-state index is 0.429. The Morgan fingerprint density at radius 1 is 1.07 bits per heavy atom. The fourth-order valence-corrected chi connectivity index (χ4v) is 1.54. The number of nitrogens with zero attached hydrogens (tertiary/aromatic N) is 3. The van der Waals surface area contributed by atoms with E-state index in [0.29, 0.717) is 16.3 Å². The SMILES string of the molecule is Clc1[nH]nc2nc3ccccc3nc12. The number of aromatic nitrogens is 4. The first kappa shape index (κ1) is 7.70. The highest BCUT2D eigenvalue weighted by Gasteiger charge is 2.06. The molecule has 1 aromatic carbocycles. The molecule has 0 unspecified atom stereocenters. The van der Waals surface area contributed by atoms with Gasteiger partial charge in [-0.2, -0.15) is 5.10 Å². The largest absolute Gasteiger partial charge is 0.263 e. The number of nitrogens with one attached hydrogen (secondary N) is 1. The van der Waals surface area contributed by atoms with E-state index in [-0.39, 0.29) is 0 Å². The number of rotatable bonds is 0. The summed E-state index contributed by atoms with van der Waals surface area (Å²) in [7, 11) is 0. The van der Waals surface area contributed by atoms with Gasteiger partial charge in [-0.05, 0) is 12.1 Å². The van der Waals surface area contributed by atoms with Crippen LogP contribution in [-0.2, 0) is 0 Å². The van der Waals surface area contributed by atoms with Crippen molar-refractivity contribution in [3.05, 3.63) is 29.4 Å². The third-order valence-electron chi connectivity index (χ3n) is 2.02. The summed E-state index contributed by atoms with van der Waals surface area (Å²) in [5.41, 5.74) is 2.81. The minimum Gasteiger partial charge on any atom is -0.263 e. The van der Waals surface area contributed by atoms with Crippen molar-refractivity contribution in [3.8, 4) is 0 Å². The fraction of sp³-hybridized carbons (Fsp3) is 0. The van der Waals surface area contributed by atoms with Gasteiger partial charge in [-0.3, -0.25) is 5.10 Å². The lowest BCUT2D eigenvalue weighted by Gasteiger charge is -1.94. The van der Waals surface area contributed by atoms with Crippen molar-refractivity contribution in [1.82, 2.24) is 20.2 Å². The molecule has 0 radical (unpaired) electrons. The van der Waals surface area contributed by atoms with Crippen molar-refractivity contribution in [2.45, 2.75) is 0 Å². The Labute approximate surface area is 83.9 Å². The lowest BCUT2D eigenvalue weighted by molar-refractivity contribution is 1.10. The van der Waals surface area contributed by atoms with Crippen molar-refractivity contribution in [1.29, 1.82) is 0 Å². The molecule has 0 aliphatic heterocycles. The van der Waals surface area contributed by atoms with E-state index in [0.717, 1.165) is 11.0 Å². The van der Waals surface area contributed by atoms with Crippen LogP contribution in [-0.4, -0.2) is 20.2 Å². The zero-order valence-corrected chi connectivity index (χ0v) is 7.78. The maximum absolute atomic E-state index is 5.85. The molecule has 4 nitrogen and oxygen atoms in total. The summed E-state index contributed by atoms with van der Waals surface area (Å²) < 4.78 is 0. The number of aromatic amines is 1. The van der Waals surface area contributed by atoms with E-state index >= 15 is 0 Å². The molecule has 0 amide bonds. The van der Waals surface area contributed by atoms with Crippen molar-refractivity contribution in [2.75, 3.05) is 0 Å². The number of halogens is 1. The Morgan fingerprint density at radius 3 is 2.57 bits per heavy atom. The summed E-state index contributed by atoms with van der Waals surface area (Å²) >= 11 is 5.85. The van der Waals surface area contributed by atoms with Gasteiger partial charge in [0.05, 0.1) is 11.0 Å². The first-order chi connectivity index (χ1) is 6.84. The summed E-state index contributed by atoms with van der Waals surface area (Å²) in [5, 5.41) is 7.01. The second-order valence-electron chi connectivity index (χ2n) is 2.92. The highest BCUT2D eigenvalue weighted by Crippen LogP contribution is 2.19. The lowest BCUT2D eigenvalue weighted by atomic mass is 10.3. The summed E-state index contributed by atoms with van der Waals surface area (Å²) in [6, 6.07) is 7.61. The maximum atomic E-state index is 5.85. The van der Waals surface area contributed by atoms with Crippen LogP contribution < -0.4 is 0 Å². The number of hydrogen-bond acceptors (Lipinski definition) is 3. The topological polar surface area (TPSA) is 54.5 Å². The third kappa shape index (κ3) is 0.975. The molecule has 1 N–H and O–H groups in total. The van der Waals surface area contributed by atoms with E-state index in [9.17, 15) is 0 Å². The molecule has 0 atom stereocenters. The molecular weight excluding hydrogens is 200 g/mol. The van der Waals surface area contributed by atoms with Crippen LogP contribution in [0.3, 0.4) is 0 Å². The Balaban J connectivity index is 2.54. The molecule has 2 aromatic heterocycles. The van der Waals surface area contributed by atoms with Gasteiger partial charge in [0.2, 0.25) is 5.65 Å². The number of para-hydroxylation sites is 2. The van der Waals surface area contributed by atoms with E-state index in [1.165, 1.54) is 0 Å². The smallest absolute Gasteiger partial charge is 0.201 e. The minimum atomic E-state index is 0.429. The zero-order chi connectivity index (χ0) is 9.54. The third-order valence-corrected chi connectivity index (χ3v) is 2.28. The van der Waals surface area contributed by atoms with Crippen LogP contribution in [0.4, 0.5) is 0 Å². The molecule has 3 aromatic rings. The van der Waals surface area contributed by atoms with Crippen molar-refractivity contribution >= 4 is 33.8 Å². The highest BCUT2D eigenvalue weighted by molar-refractivity contribution is 6.33. The first-order valence-corrected chi connectivity index (χ1v) is 4.49. The Hall–Kier alpha value is -1.68. The normalized spacial score (nSPS) is 11.2. The summed E-state index contributed by atoms with van der Waals surface area (Å²) in [6.45, 7) is 0. The van der Waals surface area contributed by atoms with Gasteiger partial charge in [-0.15, -0.1) is 0 Å². The second-order valence-corrected chi connectivity index (χ2v) is 3.30. The van der Waals surface area contributed by atoms with Crippen LogP contribution >= 0.6 is 11.6 Å². The molecule has 0 fully saturated rings. The Kier molecular flexibility index (Phi) is 1.46. The summed E-state index contributed by atoms with van der Waals surface area (Å²) in [6.07, 6.45) is 0. The molecule has 0 saturated heterocycles. The molecular formula is C9H5ClN4. The number of fused-ring (bicyclic) bond motifs is 2. The van der Waals surface area contributed by atoms with Gasteiger partial charge in [0.25, 0.3) is 0 Å². The van der Waals surface area contributed by atoms with Gasteiger partial charge < -0.3 is 0 Å². The average molecular weight is 205 g/mol. The van der Waals surface area contributed by atoms with Crippen LogP contribution in [0.15, 0.2) is 24.3 Å². The molecule has 5 heteroatoms. The van der Waals surface area contributed by atoms with E-state index in [1.807, 2.05) is 24.3 Å². The second kappa shape index (κ2) is 2.65. The quantitative estimate of drug-likeness (QED) is 0.611. The molecule has 0 spiro atoms. The van der Waals surface area contributed by atoms with Crippen LogP contribution in [0.2, 0.25) is 5.15 Å². The monoisotopic (exact) mass is 204 g/mol. The van der Waals surface area contributed by atoms with E-state index in [4.69, 9.17) is 11.6 Å². The van der Waals surface area contributed by atoms with E-state index in [2.05, 4.69) is 20.2 Å². The van der Waals surface area contributed by atoms with Gasteiger partial charge in [0.15, 0.2) is 5.15 Å². The van der Waals surface area contributed by atoms with Gasteiger partial charge >= 0.3 is 0 Å². The van der Waals surface area contributed by atoms with E-state index in [1.54, 1.807) is 0 Å². The predicted molar refractivity (Wildman–Crippen MR) is 54.2 cm³/mol. The number of benzene rings is 1. The number of hydrogen-bond donors (Lipinski definition) is 1. The maximum Gasteiger partial charge on any atom is 0.201 e. The van der Waals surface area contributed by atoms with Gasteiger partial charge in [0.1, 0.15) is 5.52 Å². The first-order valence-electron chi connectivity index (χ1n) is 4.11. The molecule has 3 rings (SSSR count). The van der Waals surface area contributed by atoms with Crippen LogP contribution in [0, 0.1) is 0 Å². The number of H-pyrrole nitrogens is 1. The van der Waals surface area contributed by atoms with Crippen LogP contribution in [0.5, 0.6) is 0 Å². The Bertz CT molecular complexity index is 616. The zero-order valence-electron chi connectivity index (χ0n) is 7.03. The fourth-order valence-electron chi connectivity index (χ4n) is 1.37. The van der Waals surface area contributed by atoms with Gasteiger partial charge in [0, 0.05) is 0 Å². The predicted octanol–water partition coefficient (Wildman–Crippen LogP) is 2.16. The molecule has 0 aliphatic rings. The van der Waals surface area contributed by atoms with Gasteiger partial charge in [-0.1, -0.05) is 23.7 Å². The summed E-state index contributed by atoms with van der Waals surface area (Å²) in [5.74, 6) is 0. The molecule has 0 saturated carbocycles. The average Bonchev–Trinajstić information content (AvgIpc) is 2.57. The molecule has 0 bridgehead atoms. The van der Waals surface area contributed by atoms with Crippen LogP contribution in [0.25, 0.3) is 22.2 Å². The van der Waals surface area contributed by atoms with Crippen LogP contribution in [0.1, 0.15) is 0 Å². The van der Waals surface area contributed by atoms with E-state index < -0.39 is 0 Å². The molecule has 14 heavy (non-hydrogen) atoms. The lowest BCUT2D eigenvalue weighted by Crippen LogP contribution is -1.84. The van der Waals surface area contributed by atoms with Crippen molar-refractivity contribution < 1.29 is 0 Å². The van der Waals surface area contributed by atoms with Gasteiger partial charge in [-0.25, -0.2) is 9.97 Å². The van der Waals surface area contributed by atoms with Crippen molar-refractivity contribution in [2.24, 2.45) is 0 Å². The highest BCUT2D eigenvalue weighted by atomic mass is 35.5.